The van der Waals surface area contributed by atoms with E-state index in [4.69, 9.17) is 45.9 Å². The Morgan fingerprint density at radius 3 is 2.29 bits per heavy atom. The smallest absolute Gasteiger partial charge is 0.123 e. The number of benzene rings is 2. The molecule has 0 saturated heterocycles. The lowest BCUT2D eigenvalue weighted by atomic mass is 9.99. The maximum absolute atomic E-state index is 13.0. The molecule has 7 heteroatoms. The van der Waals surface area contributed by atoms with E-state index in [1.807, 2.05) is 6.92 Å². The Bertz CT molecular complexity index is 752. The number of aryl methyl sites for hydroxylation is 1. The molecule has 1 unspecified atom stereocenters. The molecule has 0 aromatic heterocycles. The van der Waals surface area contributed by atoms with Crippen molar-refractivity contribution in [2.75, 3.05) is 0 Å². The Morgan fingerprint density at radius 2 is 1.71 bits per heavy atom. The average Bonchev–Trinajstić information content (AvgIpc) is 2.54. The third-order valence-corrected chi connectivity index (χ3v) is 6.55. The molecule has 0 spiro atoms. The van der Waals surface area contributed by atoms with Crippen molar-refractivity contribution in [1.82, 2.24) is 0 Å². The van der Waals surface area contributed by atoms with Gasteiger partial charge in [0.25, 0.3) is 0 Å². The third kappa shape index (κ3) is 4.57. The van der Waals surface area contributed by atoms with Gasteiger partial charge in [-0.25, -0.2) is 4.39 Å². The van der Waals surface area contributed by atoms with Gasteiger partial charge in [0, 0.05) is 4.90 Å². The molecule has 24 heavy (non-hydrogen) atoms. The van der Waals surface area contributed by atoms with Crippen LogP contribution in [0.25, 0.3) is 0 Å². The normalized spacial score (nSPS) is 13.5. The number of nitrogens with two attached hydrogens (primary N) is 1. The first kappa shape index (κ1) is 19.4. The van der Waals surface area contributed by atoms with Gasteiger partial charge in [0.1, 0.15) is 11.7 Å². The van der Waals surface area contributed by atoms with Crippen LogP contribution < -0.4 is 5.73 Å². The van der Waals surface area contributed by atoms with Crippen LogP contribution in [-0.2, 0) is 6.42 Å². The summed E-state index contributed by atoms with van der Waals surface area (Å²) in [6, 6.07) is 9.56. The van der Waals surface area contributed by atoms with Crippen molar-refractivity contribution in [2.45, 2.75) is 29.4 Å². The van der Waals surface area contributed by atoms with Crippen LogP contribution in [0.5, 0.6) is 0 Å². The van der Waals surface area contributed by atoms with Crippen LogP contribution in [0.3, 0.4) is 0 Å². The van der Waals surface area contributed by atoms with Crippen LogP contribution in [0.15, 0.2) is 41.3 Å². The number of amidine groups is 1. The molecule has 0 fully saturated rings. The highest BCUT2D eigenvalue weighted by atomic mass is 35.5. The zero-order chi connectivity index (χ0) is 17.9. The number of nitrogens with one attached hydrogen (secondary N) is 1. The van der Waals surface area contributed by atoms with E-state index >= 15 is 0 Å². The highest BCUT2D eigenvalue weighted by Crippen LogP contribution is 2.45. The number of hydrogen-bond acceptors (Lipinski definition) is 2. The zero-order valence-corrected chi connectivity index (χ0v) is 16.0. The van der Waals surface area contributed by atoms with Crippen LogP contribution in [0.4, 0.5) is 4.39 Å². The molecule has 0 aliphatic carbocycles. The van der Waals surface area contributed by atoms with Gasteiger partial charge in [-0.1, -0.05) is 46.9 Å². The topological polar surface area (TPSA) is 49.9 Å². The lowest BCUT2D eigenvalue weighted by molar-refractivity contribution is 0.626. The SMILES string of the molecule is CC(CCc1ccc(F)cc1)(Sc1c(Cl)ccc(Cl)c1Cl)C(=N)N. The van der Waals surface area contributed by atoms with E-state index in [0.717, 1.165) is 5.56 Å². The van der Waals surface area contributed by atoms with Crippen molar-refractivity contribution in [3.05, 3.63) is 62.8 Å². The van der Waals surface area contributed by atoms with E-state index in [9.17, 15) is 4.39 Å². The molecule has 0 aliphatic heterocycles. The summed E-state index contributed by atoms with van der Waals surface area (Å²) in [7, 11) is 0. The van der Waals surface area contributed by atoms with Gasteiger partial charge >= 0.3 is 0 Å². The van der Waals surface area contributed by atoms with Gasteiger partial charge in [0.15, 0.2) is 0 Å². The summed E-state index contributed by atoms with van der Waals surface area (Å²) in [4.78, 5) is 0.600. The quantitative estimate of drug-likeness (QED) is 0.260. The van der Waals surface area contributed by atoms with E-state index in [2.05, 4.69) is 0 Å². The van der Waals surface area contributed by atoms with Gasteiger partial charge in [0.2, 0.25) is 0 Å². The number of halogens is 4. The molecular weight excluding hydrogens is 390 g/mol. The molecule has 1 atom stereocenters. The first-order valence-corrected chi connectivity index (χ1v) is 9.09. The third-order valence-electron chi connectivity index (χ3n) is 3.70. The molecule has 3 N–H and O–H groups in total. The van der Waals surface area contributed by atoms with Gasteiger partial charge in [-0.05, 0) is 49.6 Å². The predicted molar refractivity (Wildman–Crippen MR) is 102 cm³/mol. The lowest BCUT2D eigenvalue weighted by Gasteiger charge is -2.28. The molecule has 0 radical (unpaired) electrons. The number of rotatable bonds is 6. The van der Waals surface area contributed by atoms with E-state index in [-0.39, 0.29) is 11.7 Å². The van der Waals surface area contributed by atoms with Crippen molar-refractivity contribution >= 4 is 52.4 Å². The molecule has 2 aromatic rings. The van der Waals surface area contributed by atoms with Crippen LogP contribution in [0, 0.1) is 11.2 Å². The Balaban J connectivity index is 2.23. The van der Waals surface area contributed by atoms with Crippen molar-refractivity contribution in [3.8, 4) is 0 Å². The highest BCUT2D eigenvalue weighted by molar-refractivity contribution is 8.01. The second-order valence-corrected chi connectivity index (χ2v) is 8.25. The molecule has 0 saturated carbocycles. The minimum Gasteiger partial charge on any atom is -0.386 e. The minimum atomic E-state index is -0.716. The Hall–Kier alpha value is -0.940. The number of hydrogen-bond donors (Lipinski definition) is 2. The minimum absolute atomic E-state index is 0.0155. The number of thioether (sulfide) groups is 1. The van der Waals surface area contributed by atoms with Crippen molar-refractivity contribution < 1.29 is 4.39 Å². The molecule has 0 aliphatic rings. The fourth-order valence-electron chi connectivity index (χ4n) is 2.10. The van der Waals surface area contributed by atoms with Crippen molar-refractivity contribution in [3.63, 3.8) is 0 Å². The van der Waals surface area contributed by atoms with E-state index in [1.54, 1.807) is 24.3 Å². The summed E-state index contributed by atoms with van der Waals surface area (Å²) in [5.74, 6) is -0.262. The zero-order valence-electron chi connectivity index (χ0n) is 12.9. The van der Waals surface area contributed by atoms with E-state index in [1.165, 1.54) is 23.9 Å². The lowest BCUT2D eigenvalue weighted by Crippen LogP contribution is -2.37. The maximum atomic E-state index is 13.0. The summed E-state index contributed by atoms with van der Waals surface area (Å²) in [6.07, 6.45) is 1.21. The van der Waals surface area contributed by atoms with E-state index < -0.39 is 4.75 Å². The molecule has 2 rings (SSSR count). The average molecular weight is 406 g/mol. The molecule has 2 aromatic carbocycles. The van der Waals surface area contributed by atoms with E-state index in [0.29, 0.717) is 32.8 Å². The summed E-state index contributed by atoms with van der Waals surface area (Å²) >= 11 is 19.9. The highest BCUT2D eigenvalue weighted by Gasteiger charge is 2.31. The van der Waals surface area contributed by atoms with Crippen LogP contribution in [0.1, 0.15) is 18.9 Å². The monoisotopic (exact) mass is 404 g/mol. The molecular formula is C17H16Cl3FN2S. The first-order valence-electron chi connectivity index (χ1n) is 7.14. The molecule has 128 valence electrons. The molecule has 0 heterocycles. The van der Waals surface area contributed by atoms with Gasteiger partial charge in [-0.2, -0.15) is 0 Å². The Morgan fingerprint density at radius 1 is 1.12 bits per heavy atom. The first-order chi connectivity index (χ1) is 11.2. The summed E-state index contributed by atoms with van der Waals surface area (Å²) < 4.78 is 12.3. The summed E-state index contributed by atoms with van der Waals surface area (Å²) in [6.45, 7) is 1.86. The standard InChI is InChI=1S/C17H16Cl3FN2S/c1-17(16(22)23,9-8-10-2-4-11(21)5-3-10)24-15-13(19)7-6-12(18)14(15)20/h2-7H,8-9H2,1H3,(H3,22,23). The van der Waals surface area contributed by atoms with Crippen LogP contribution in [0.2, 0.25) is 15.1 Å². The van der Waals surface area contributed by atoms with Gasteiger partial charge in [-0.15, -0.1) is 11.8 Å². The summed E-state index contributed by atoms with van der Waals surface area (Å²) in [5, 5.41) is 9.18. The van der Waals surface area contributed by atoms with Crippen molar-refractivity contribution in [2.24, 2.45) is 5.73 Å². The van der Waals surface area contributed by atoms with Crippen LogP contribution >= 0.6 is 46.6 Å². The largest absolute Gasteiger partial charge is 0.386 e. The Labute approximate surface area is 160 Å². The van der Waals surface area contributed by atoms with Gasteiger partial charge in [-0.3, -0.25) is 5.41 Å². The molecule has 2 nitrogen and oxygen atoms in total. The fourth-order valence-corrected chi connectivity index (χ4v) is 4.05. The summed E-state index contributed by atoms with van der Waals surface area (Å²) in [5.41, 5.74) is 6.79. The maximum Gasteiger partial charge on any atom is 0.123 e. The second-order valence-electron chi connectivity index (χ2n) is 5.55. The second kappa shape index (κ2) is 7.96. The fraction of sp³-hybridized carbons (Fsp3) is 0.235. The van der Waals surface area contributed by atoms with Gasteiger partial charge < -0.3 is 5.73 Å². The molecule has 0 amide bonds. The molecule has 0 bridgehead atoms. The van der Waals surface area contributed by atoms with Crippen molar-refractivity contribution in [1.29, 1.82) is 5.41 Å². The predicted octanol–water partition coefficient (Wildman–Crippen LogP) is 6.21. The van der Waals surface area contributed by atoms with Gasteiger partial charge in [0.05, 0.1) is 19.8 Å². The van der Waals surface area contributed by atoms with Crippen LogP contribution in [-0.4, -0.2) is 10.6 Å². The Kier molecular flexibility index (Phi) is 6.43.